The lowest BCUT2D eigenvalue weighted by Crippen LogP contribution is -2.37. The van der Waals surface area contributed by atoms with Crippen LogP contribution in [0.1, 0.15) is 37.8 Å². The molecule has 1 N–H and O–H groups in total. The number of hydrogen-bond acceptors (Lipinski definition) is 10. The number of carbonyl (C=O) groups excluding carboxylic acids is 2. The molecule has 0 aliphatic carbocycles. The van der Waals surface area contributed by atoms with Gasteiger partial charge in [0.25, 0.3) is 5.91 Å². The maximum atomic E-state index is 13.4. The van der Waals surface area contributed by atoms with E-state index in [0.29, 0.717) is 31.3 Å². The summed E-state index contributed by atoms with van der Waals surface area (Å²) in [6.07, 6.45) is 0.620. The standard InChI is InChI=1S/C29H26Br2N6O6S/c1-4-42-29(39)34-28(38)23(14-32)36-35-19-12-21(30)27(22(31)13-19)43-25-11-10-24-26(33-25)20(17(2)3)15-37(24)44(40,41)16-18-8-6-5-7-9-18/h5-13,15,17,23H,4,16H2,1-3H3,(H,34,38,39)/b36-35+. The quantitative estimate of drug-likeness (QED) is 0.168. The van der Waals surface area contributed by atoms with Crippen LogP contribution in [-0.2, 0) is 25.3 Å². The summed E-state index contributed by atoms with van der Waals surface area (Å²) in [7, 11) is -3.74. The number of benzene rings is 2. The summed E-state index contributed by atoms with van der Waals surface area (Å²) in [6.45, 7) is 5.54. The van der Waals surface area contributed by atoms with E-state index in [-0.39, 0.29) is 29.8 Å². The van der Waals surface area contributed by atoms with Gasteiger partial charge >= 0.3 is 6.09 Å². The second-order valence-electron chi connectivity index (χ2n) is 9.59. The summed E-state index contributed by atoms with van der Waals surface area (Å²) < 4.78 is 39.6. The normalized spacial score (nSPS) is 12.3. The highest BCUT2D eigenvalue weighted by Crippen LogP contribution is 2.40. The number of nitriles is 1. The number of rotatable bonds is 10. The fourth-order valence-electron chi connectivity index (χ4n) is 4.05. The number of azo groups is 1. The number of nitrogens with one attached hydrogen (secondary N) is 1. The number of carbonyl (C=O) groups is 2. The molecule has 0 spiro atoms. The Kier molecular flexibility index (Phi) is 10.5. The Morgan fingerprint density at radius 2 is 1.80 bits per heavy atom. The van der Waals surface area contributed by atoms with Crippen molar-refractivity contribution in [1.82, 2.24) is 14.3 Å². The number of halogens is 2. The van der Waals surface area contributed by atoms with Crippen LogP contribution >= 0.6 is 31.9 Å². The smallest absolute Gasteiger partial charge is 0.413 e. The largest absolute Gasteiger partial charge is 0.450 e. The topological polar surface area (TPSA) is 165 Å². The summed E-state index contributed by atoms with van der Waals surface area (Å²) in [5.41, 5.74) is 2.62. The van der Waals surface area contributed by atoms with E-state index in [9.17, 15) is 23.3 Å². The average molecular weight is 746 g/mol. The second kappa shape index (κ2) is 14.1. The molecule has 2 heterocycles. The van der Waals surface area contributed by atoms with Crippen LogP contribution in [0.2, 0.25) is 0 Å². The number of fused-ring (bicyclic) bond motifs is 1. The first-order valence-electron chi connectivity index (χ1n) is 13.2. The average Bonchev–Trinajstić information content (AvgIpc) is 3.36. The molecule has 228 valence electrons. The highest BCUT2D eigenvalue weighted by Gasteiger charge is 2.23. The van der Waals surface area contributed by atoms with Crippen molar-refractivity contribution in [2.45, 2.75) is 38.5 Å². The Morgan fingerprint density at radius 1 is 1.11 bits per heavy atom. The third-order valence-corrected chi connectivity index (χ3v) is 8.86. The lowest BCUT2D eigenvalue weighted by atomic mass is 10.1. The van der Waals surface area contributed by atoms with Gasteiger partial charge < -0.3 is 9.47 Å². The minimum Gasteiger partial charge on any atom is -0.450 e. The molecule has 0 saturated carbocycles. The van der Waals surface area contributed by atoms with Crippen molar-refractivity contribution in [1.29, 1.82) is 5.26 Å². The number of ether oxygens (including phenoxy) is 2. The minimum atomic E-state index is -3.74. The summed E-state index contributed by atoms with van der Waals surface area (Å²) in [5.74, 6) is -0.601. The Bertz CT molecular complexity index is 1860. The molecule has 1 atom stereocenters. The Balaban J connectivity index is 1.60. The van der Waals surface area contributed by atoms with E-state index in [1.807, 2.05) is 25.2 Å². The number of amides is 2. The van der Waals surface area contributed by atoms with Gasteiger partial charge in [-0.25, -0.2) is 22.2 Å². The van der Waals surface area contributed by atoms with Crippen LogP contribution in [0.4, 0.5) is 10.5 Å². The molecular formula is C29H26Br2N6O6S. The van der Waals surface area contributed by atoms with E-state index >= 15 is 0 Å². The van der Waals surface area contributed by atoms with Gasteiger partial charge in [-0.2, -0.15) is 15.5 Å². The van der Waals surface area contributed by atoms with Gasteiger partial charge in [0.05, 0.1) is 38.0 Å². The van der Waals surface area contributed by atoms with Crippen molar-refractivity contribution < 1.29 is 27.5 Å². The molecule has 0 aliphatic heterocycles. The molecule has 4 rings (SSSR count). The number of nitrogens with zero attached hydrogens (tertiary/aromatic N) is 5. The van der Waals surface area contributed by atoms with Crippen molar-refractivity contribution in [2.24, 2.45) is 10.2 Å². The Labute approximate surface area is 270 Å². The molecule has 1 unspecified atom stereocenters. The predicted molar refractivity (Wildman–Crippen MR) is 169 cm³/mol. The second-order valence-corrected chi connectivity index (χ2v) is 13.1. The maximum absolute atomic E-state index is 13.4. The SMILES string of the molecule is CCOC(=O)NC(=O)C(C#N)/N=N/c1cc(Br)c(Oc2ccc3c(n2)c(C(C)C)cn3S(=O)(=O)Cc2ccccc2)c(Br)c1. The Hall–Kier alpha value is -4.13. The molecule has 4 aromatic rings. The molecule has 0 fully saturated rings. The fraction of sp³-hybridized carbons (Fsp3) is 0.241. The fourth-order valence-corrected chi connectivity index (χ4v) is 6.85. The summed E-state index contributed by atoms with van der Waals surface area (Å²) in [4.78, 5) is 28.2. The van der Waals surface area contributed by atoms with Gasteiger partial charge in [0.15, 0.2) is 5.75 Å². The first kappa shape index (κ1) is 32.8. The van der Waals surface area contributed by atoms with E-state index in [2.05, 4.69) is 51.8 Å². The third-order valence-electron chi connectivity index (χ3n) is 6.08. The number of aromatic nitrogens is 2. The van der Waals surface area contributed by atoms with Gasteiger partial charge in [0.2, 0.25) is 21.9 Å². The zero-order valence-electron chi connectivity index (χ0n) is 23.7. The van der Waals surface area contributed by atoms with Crippen molar-refractivity contribution >= 4 is 70.6 Å². The van der Waals surface area contributed by atoms with Crippen LogP contribution in [0.15, 0.2) is 80.0 Å². The highest BCUT2D eigenvalue weighted by atomic mass is 79.9. The van der Waals surface area contributed by atoms with Crippen molar-refractivity contribution in [3.05, 3.63) is 80.9 Å². The van der Waals surface area contributed by atoms with Gasteiger partial charge in [-0.1, -0.05) is 44.2 Å². The molecule has 2 amide bonds. The van der Waals surface area contributed by atoms with Crippen LogP contribution in [0.3, 0.4) is 0 Å². The van der Waals surface area contributed by atoms with E-state index in [1.54, 1.807) is 67.7 Å². The van der Waals surface area contributed by atoms with Crippen LogP contribution in [0.5, 0.6) is 11.6 Å². The molecule has 0 radical (unpaired) electrons. The molecule has 0 bridgehead atoms. The molecule has 0 aliphatic rings. The zero-order valence-corrected chi connectivity index (χ0v) is 27.7. The summed E-state index contributed by atoms with van der Waals surface area (Å²) >= 11 is 6.87. The van der Waals surface area contributed by atoms with Crippen molar-refractivity contribution in [3.8, 4) is 17.7 Å². The van der Waals surface area contributed by atoms with Gasteiger partial charge in [-0.15, -0.1) is 0 Å². The van der Waals surface area contributed by atoms with Crippen LogP contribution in [0, 0.1) is 11.3 Å². The number of imide groups is 1. The predicted octanol–water partition coefficient (Wildman–Crippen LogP) is 7.10. The number of pyridine rings is 1. The summed E-state index contributed by atoms with van der Waals surface area (Å²) in [5, 5.41) is 18.9. The summed E-state index contributed by atoms with van der Waals surface area (Å²) in [6, 6.07) is 15.4. The number of hydrogen-bond donors (Lipinski definition) is 1. The van der Waals surface area contributed by atoms with E-state index in [0.717, 1.165) is 5.56 Å². The highest BCUT2D eigenvalue weighted by molar-refractivity contribution is 9.11. The zero-order chi connectivity index (χ0) is 32.0. The molecule has 15 heteroatoms. The monoisotopic (exact) mass is 744 g/mol. The third kappa shape index (κ3) is 7.68. The maximum Gasteiger partial charge on any atom is 0.413 e. The van der Waals surface area contributed by atoms with E-state index in [1.165, 1.54) is 3.97 Å². The number of alkyl carbamates (subject to hydrolysis) is 1. The van der Waals surface area contributed by atoms with Crippen LogP contribution < -0.4 is 10.1 Å². The molecule has 2 aromatic heterocycles. The lowest BCUT2D eigenvalue weighted by Gasteiger charge is -2.11. The van der Waals surface area contributed by atoms with Crippen LogP contribution in [-0.4, -0.2) is 42.0 Å². The minimum absolute atomic E-state index is 0.0202. The van der Waals surface area contributed by atoms with Crippen LogP contribution in [0.25, 0.3) is 11.0 Å². The van der Waals surface area contributed by atoms with E-state index < -0.39 is 28.1 Å². The Morgan fingerprint density at radius 3 is 2.41 bits per heavy atom. The molecular weight excluding hydrogens is 720 g/mol. The molecule has 12 nitrogen and oxygen atoms in total. The van der Waals surface area contributed by atoms with Gasteiger partial charge in [-0.05, 0) is 68.5 Å². The first-order chi connectivity index (χ1) is 20.9. The van der Waals surface area contributed by atoms with Gasteiger partial charge in [-0.3, -0.25) is 10.1 Å². The van der Waals surface area contributed by atoms with Gasteiger partial charge in [0.1, 0.15) is 6.07 Å². The molecule has 2 aromatic carbocycles. The van der Waals surface area contributed by atoms with Crippen molar-refractivity contribution in [2.75, 3.05) is 6.61 Å². The molecule has 44 heavy (non-hydrogen) atoms. The van der Waals surface area contributed by atoms with Gasteiger partial charge in [0, 0.05) is 17.8 Å². The van der Waals surface area contributed by atoms with Crippen molar-refractivity contribution in [3.63, 3.8) is 0 Å². The first-order valence-corrected chi connectivity index (χ1v) is 16.4. The lowest BCUT2D eigenvalue weighted by molar-refractivity contribution is -0.120. The van der Waals surface area contributed by atoms with E-state index in [4.69, 9.17) is 4.74 Å². The molecule has 0 saturated heterocycles.